The van der Waals surface area contributed by atoms with Crippen LogP contribution in [0.3, 0.4) is 0 Å². The Balaban J connectivity index is 1.44. The molecule has 152 valence electrons. The van der Waals surface area contributed by atoms with Crippen molar-refractivity contribution in [2.75, 3.05) is 11.1 Å². The van der Waals surface area contributed by atoms with Crippen LogP contribution in [0.1, 0.15) is 23.8 Å². The minimum Gasteiger partial charge on any atom is -0.360 e. The predicted octanol–water partition coefficient (Wildman–Crippen LogP) is 2.60. The van der Waals surface area contributed by atoms with Crippen LogP contribution in [0.15, 0.2) is 53.3 Å². The molecule has 8 nitrogen and oxygen atoms in total. The van der Waals surface area contributed by atoms with Crippen LogP contribution in [0.5, 0.6) is 0 Å². The molecule has 0 radical (unpaired) electrons. The second-order valence-electron chi connectivity index (χ2n) is 6.51. The van der Waals surface area contributed by atoms with Gasteiger partial charge in [0.25, 0.3) is 0 Å². The Hall–Kier alpha value is -3.07. The highest BCUT2D eigenvalue weighted by Crippen LogP contribution is 2.15. The van der Waals surface area contributed by atoms with E-state index in [0.717, 1.165) is 11.1 Å². The maximum Gasteiger partial charge on any atom is 0.238 e. The maximum absolute atomic E-state index is 12.2. The first-order valence-electron chi connectivity index (χ1n) is 9.18. The predicted molar refractivity (Wildman–Crippen MR) is 111 cm³/mol. The van der Waals surface area contributed by atoms with Crippen LogP contribution < -0.4 is 10.6 Å². The number of benzene rings is 1. The highest BCUT2D eigenvalue weighted by Gasteiger charge is 2.17. The van der Waals surface area contributed by atoms with Crippen LogP contribution in [-0.4, -0.2) is 37.8 Å². The standard InChI is InChI=1S/C20H23N5O3S/c1-14-10-18(24-28-14)23-20(27)15(2)29-13-19(26)21-11-16-6-3-4-7-17(16)12-25-9-5-8-22-25/h3-10,15H,11-13H2,1-2H3,(H,21,26)(H,23,24,27). The second kappa shape index (κ2) is 9.92. The average Bonchev–Trinajstić information content (AvgIpc) is 3.37. The minimum absolute atomic E-state index is 0.124. The Morgan fingerprint density at radius 3 is 2.72 bits per heavy atom. The van der Waals surface area contributed by atoms with Crippen LogP contribution in [0.2, 0.25) is 0 Å². The zero-order chi connectivity index (χ0) is 20.6. The number of nitrogens with one attached hydrogen (secondary N) is 2. The summed E-state index contributed by atoms with van der Waals surface area (Å²) in [6.45, 7) is 4.57. The van der Waals surface area contributed by atoms with Crippen molar-refractivity contribution in [2.45, 2.75) is 32.2 Å². The molecule has 1 aromatic carbocycles. The van der Waals surface area contributed by atoms with Crippen LogP contribution >= 0.6 is 11.8 Å². The van der Waals surface area contributed by atoms with Gasteiger partial charge in [-0.3, -0.25) is 14.3 Å². The molecule has 2 N–H and O–H groups in total. The zero-order valence-electron chi connectivity index (χ0n) is 16.3. The monoisotopic (exact) mass is 413 g/mol. The van der Waals surface area contributed by atoms with Gasteiger partial charge in [-0.25, -0.2) is 0 Å². The summed E-state index contributed by atoms with van der Waals surface area (Å²) in [5.74, 6) is 0.834. The van der Waals surface area contributed by atoms with Crippen molar-refractivity contribution in [3.8, 4) is 0 Å². The van der Waals surface area contributed by atoms with Crippen molar-refractivity contribution >= 4 is 29.4 Å². The third-order valence-electron chi connectivity index (χ3n) is 4.20. The van der Waals surface area contributed by atoms with E-state index < -0.39 is 5.25 Å². The van der Waals surface area contributed by atoms with E-state index in [1.54, 1.807) is 26.1 Å². The molecule has 3 aromatic rings. The van der Waals surface area contributed by atoms with Crippen molar-refractivity contribution in [3.05, 3.63) is 65.7 Å². The molecule has 1 atom stereocenters. The van der Waals surface area contributed by atoms with Gasteiger partial charge in [-0.15, -0.1) is 11.8 Å². The van der Waals surface area contributed by atoms with Crippen molar-refractivity contribution in [2.24, 2.45) is 0 Å². The van der Waals surface area contributed by atoms with Crippen molar-refractivity contribution < 1.29 is 14.1 Å². The maximum atomic E-state index is 12.2. The zero-order valence-corrected chi connectivity index (χ0v) is 17.1. The smallest absolute Gasteiger partial charge is 0.238 e. The first kappa shape index (κ1) is 20.7. The summed E-state index contributed by atoms with van der Waals surface area (Å²) in [6.07, 6.45) is 3.64. The molecule has 29 heavy (non-hydrogen) atoms. The number of rotatable bonds is 9. The fourth-order valence-electron chi connectivity index (χ4n) is 2.63. The van der Waals surface area contributed by atoms with Gasteiger partial charge in [0, 0.05) is 25.0 Å². The molecule has 3 rings (SSSR count). The Bertz CT molecular complexity index is 955. The molecule has 0 aliphatic carbocycles. The molecule has 0 fully saturated rings. The largest absolute Gasteiger partial charge is 0.360 e. The molecule has 2 heterocycles. The van der Waals surface area contributed by atoms with Gasteiger partial charge in [-0.1, -0.05) is 29.4 Å². The lowest BCUT2D eigenvalue weighted by molar-refractivity contribution is -0.118. The van der Waals surface area contributed by atoms with Crippen molar-refractivity contribution in [1.29, 1.82) is 0 Å². The molecule has 0 saturated heterocycles. The summed E-state index contributed by atoms with van der Waals surface area (Å²) in [7, 11) is 0. The molecule has 2 aromatic heterocycles. The Kier molecular flexibility index (Phi) is 7.07. The van der Waals surface area contributed by atoms with Gasteiger partial charge < -0.3 is 15.2 Å². The second-order valence-corrected chi connectivity index (χ2v) is 7.84. The van der Waals surface area contributed by atoms with E-state index in [1.807, 2.05) is 41.2 Å². The number of thioether (sulfide) groups is 1. The van der Waals surface area contributed by atoms with Crippen LogP contribution in [0.4, 0.5) is 5.82 Å². The molecule has 1 unspecified atom stereocenters. The van der Waals surface area contributed by atoms with E-state index >= 15 is 0 Å². The third kappa shape index (κ3) is 6.21. The summed E-state index contributed by atoms with van der Waals surface area (Å²) >= 11 is 1.27. The van der Waals surface area contributed by atoms with Gasteiger partial charge in [0.1, 0.15) is 5.76 Å². The van der Waals surface area contributed by atoms with Crippen LogP contribution in [0.25, 0.3) is 0 Å². The van der Waals surface area contributed by atoms with Gasteiger partial charge in [0.2, 0.25) is 11.8 Å². The Morgan fingerprint density at radius 1 is 1.24 bits per heavy atom. The molecule has 0 saturated carbocycles. The molecule has 0 spiro atoms. The molecule has 2 amide bonds. The fourth-order valence-corrected chi connectivity index (χ4v) is 3.34. The molecule has 0 bridgehead atoms. The van der Waals surface area contributed by atoms with Gasteiger partial charge in [-0.2, -0.15) is 5.10 Å². The van der Waals surface area contributed by atoms with E-state index in [2.05, 4.69) is 20.9 Å². The van der Waals surface area contributed by atoms with Crippen LogP contribution in [-0.2, 0) is 22.7 Å². The van der Waals surface area contributed by atoms with E-state index in [0.29, 0.717) is 24.7 Å². The van der Waals surface area contributed by atoms with Gasteiger partial charge in [0.05, 0.1) is 17.5 Å². The molecule has 9 heteroatoms. The number of aromatic nitrogens is 3. The Labute approximate surface area is 173 Å². The molecular weight excluding hydrogens is 390 g/mol. The number of carbonyl (C=O) groups is 2. The van der Waals surface area contributed by atoms with Gasteiger partial charge >= 0.3 is 0 Å². The van der Waals surface area contributed by atoms with E-state index in [-0.39, 0.29) is 17.6 Å². The number of aryl methyl sites for hydroxylation is 1. The summed E-state index contributed by atoms with van der Waals surface area (Å²) in [5, 5.41) is 13.1. The van der Waals surface area contributed by atoms with Crippen LogP contribution in [0, 0.1) is 6.92 Å². The summed E-state index contributed by atoms with van der Waals surface area (Å²) in [4.78, 5) is 24.4. The molecule has 0 aliphatic rings. The number of hydrogen-bond acceptors (Lipinski definition) is 6. The third-order valence-corrected chi connectivity index (χ3v) is 5.34. The normalized spacial score (nSPS) is 11.8. The minimum atomic E-state index is -0.398. The molecular formula is C20H23N5O3S. The average molecular weight is 414 g/mol. The summed E-state index contributed by atoms with van der Waals surface area (Å²) in [5.41, 5.74) is 2.13. The lowest BCUT2D eigenvalue weighted by atomic mass is 10.1. The topological polar surface area (TPSA) is 102 Å². The van der Waals surface area contributed by atoms with E-state index in [4.69, 9.17) is 4.52 Å². The van der Waals surface area contributed by atoms with E-state index in [1.165, 1.54) is 11.8 Å². The van der Waals surface area contributed by atoms with Gasteiger partial charge in [-0.05, 0) is 31.0 Å². The number of carbonyl (C=O) groups excluding carboxylic acids is 2. The van der Waals surface area contributed by atoms with Crippen molar-refractivity contribution in [3.63, 3.8) is 0 Å². The Morgan fingerprint density at radius 2 is 2.03 bits per heavy atom. The summed E-state index contributed by atoms with van der Waals surface area (Å²) in [6, 6.07) is 11.4. The van der Waals surface area contributed by atoms with E-state index in [9.17, 15) is 9.59 Å². The fraction of sp³-hybridized carbons (Fsp3) is 0.300. The quantitative estimate of drug-likeness (QED) is 0.559. The SMILES string of the molecule is Cc1cc(NC(=O)C(C)SCC(=O)NCc2ccccc2Cn2cccn2)no1. The lowest BCUT2D eigenvalue weighted by Gasteiger charge is -2.12. The highest BCUT2D eigenvalue weighted by molar-refractivity contribution is 8.01. The highest BCUT2D eigenvalue weighted by atomic mass is 32.2. The lowest BCUT2D eigenvalue weighted by Crippen LogP contribution is -2.28. The van der Waals surface area contributed by atoms with Crippen molar-refractivity contribution in [1.82, 2.24) is 20.3 Å². The molecule has 0 aliphatic heterocycles. The number of anilines is 1. The summed E-state index contributed by atoms with van der Waals surface area (Å²) < 4.78 is 6.76. The van der Waals surface area contributed by atoms with Gasteiger partial charge in [0.15, 0.2) is 5.82 Å². The number of hydrogen-bond donors (Lipinski definition) is 2. The first-order chi connectivity index (χ1) is 14.0. The number of nitrogens with zero attached hydrogens (tertiary/aromatic N) is 3. The first-order valence-corrected chi connectivity index (χ1v) is 10.2. The number of amides is 2.